The summed E-state index contributed by atoms with van der Waals surface area (Å²) in [7, 11) is 0. The van der Waals surface area contributed by atoms with Gasteiger partial charge in [-0.05, 0) is 6.42 Å². The van der Waals surface area contributed by atoms with E-state index in [2.05, 4.69) is 5.32 Å². The highest BCUT2D eigenvalue weighted by atomic mass is 16.5. The van der Waals surface area contributed by atoms with Gasteiger partial charge in [-0.15, -0.1) is 0 Å². The van der Waals surface area contributed by atoms with Crippen LogP contribution >= 0.6 is 0 Å². The van der Waals surface area contributed by atoms with Crippen LogP contribution in [0.2, 0.25) is 0 Å². The Morgan fingerprint density at radius 1 is 1.60 bits per heavy atom. The number of hydrogen-bond acceptors (Lipinski definition) is 3. The van der Waals surface area contributed by atoms with E-state index < -0.39 is 0 Å². The average Bonchev–Trinajstić information content (AvgIpc) is 2.29. The molecule has 0 unspecified atom stereocenters. The van der Waals surface area contributed by atoms with E-state index in [1.165, 1.54) is 0 Å². The van der Waals surface area contributed by atoms with Crippen molar-refractivity contribution in [2.24, 2.45) is 11.1 Å². The van der Waals surface area contributed by atoms with Gasteiger partial charge in [0.25, 0.3) is 0 Å². The smallest absolute Gasteiger partial charge is 0.0704 e. The van der Waals surface area contributed by atoms with Gasteiger partial charge in [0, 0.05) is 25.0 Å². The lowest BCUT2D eigenvalue weighted by Crippen LogP contribution is -2.54. The molecule has 1 spiro atoms. The van der Waals surface area contributed by atoms with Gasteiger partial charge in [-0.1, -0.05) is 0 Å². The molecule has 0 aliphatic carbocycles. The summed E-state index contributed by atoms with van der Waals surface area (Å²) in [5, 5.41) is 3.27. The van der Waals surface area contributed by atoms with Crippen LogP contribution in [0.3, 0.4) is 0 Å². The average molecular weight is 142 g/mol. The minimum Gasteiger partial charge on any atom is -0.376 e. The van der Waals surface area contributed by atoms with Gasteiger partial charge in [-0.2, -0.15) is 0 Å². The molecule has 0 aromatic heterocycles. The Morgan fingerprint density at radius 3 is 2.70 bits per heavy atom. The molecule has 1 atom stereocenters. The van der Waals surface area contributed by atoms with Crippen molar-refractivity contribution in [3.8, 4) is 0 Å². The van der Waals surface area contributed by atoms with Crippen LogP contribution in [0.1, 0.15) is 6.42 Å². The van der Waals surface area contributed by atoms with E-state index in [-0.39, 0.29) is 0 Å². The van der Waals surface area contributed by atoms with Crippen LogP contribution in [-0.4, -0.2) is 32.3 Å². The zero-order valence-electron chi connectivity index (χ0n) is 6.10. The van der Waals surface area contributed by atoms with Gasteiger partial charge < -0.3 is 15.8 Å². The maximum Gasteiger partial charge on any atom is 0.0704 e. The standard InChI is InChI=1S/C7H14N2O/c8-2-6-1-7(5-10-6)3-9-4-7/h6,9H,1-5,8H2/t6-/m0/s1. The van der Waals surface area contributed by atoms with Crippen LogP contribution in [0.5, 0.6) is 0 Å². The van der Waals surface area contributed by atoms with E-state index in [4.69, 9.17) is 10.5 Å². The fraction of sp³-hybridized carbons (Fsp3) is 1.00. The first kappa shape index (κ1) is 6.58. The van der Waals surface area contributed by atoms with Crippen molar-refractivity contribution in [3.05, 3.63) is 0 Å². The Morgan fingerprint density at radius 2 is 2.40 bits per heavy atom. The van der Waals surface area contributed by atoms with Crippen LogP contribution in [0.15, 0.2) is 0 Å². The molecule has 2 heterocycles. The molecule has 3 N–H and O–H groups in total. The summed E-state index contributed by atoms with van der Waals surface area (Å²) in [6.07, 6.45) is 1.50. The predicted molar refractivity (Wildman–Crippen MR) is 38.7 cm³/mol. The molecule has 2 aliphatic rings. The third-order valence-corrected chi connectivity index (χ3v) is 2.55. The van der Waals surface area contributed by atoms with Gasteiger partial charge in [0.2, 0.25) is 0 Å². The summed E-state index contributed by atoms with van der Waals surface area (Å²) >= 11 is 0. The van der Waals surface area contributed by atoms with Gasteiger partial charge in [0.15, 0.2) is 0 Å². The van der Waals surface area contributed by atoms with E-state index in [0.29, 0.717) is 18.1 Å². The molecule has 3 nitrogen and oxygen atoms in total. The summed E-state index contributed by atoms with van der Waals surface area (Å²) in [6, 6.07) is 0. The Kier molecular flexibility index (Phi) is 1.44. The number of hydrogen-bond donors (Lipinski definition) is 2. The van der Waals surface area contributed by atoms with Gasteiger partial charge in [0.05, 0.1) is 12.7 Å². The fourth-order valence-corrected chi connectivity index (χ4v) is 1.77. The molecular formula is C7H14N2O. The highest BCUT2D eigenvalue weighted by Crippen LogP contribution is 2.35. The number of rotatable bonds is 1. The lowest BCUT2D eigenvalue weighted by molar-refractivity contribution is 0.0830. The van der Waals surface area contributed by atoms with E-state index in [1.54, 1.807) is 0 Å². The minimum absolute atomic E-state index is 0.335. The highest BCUT2D eigenvalue weighted by Gasteiger charge is 2.44. The Bertz CT molecular complexity index is 134. The van der Waals surface area contributed by atoms with Crippen molar-refractivity contribution in [2.45, 2.75) is 12.5 Å². The second-order valence-electron chi connectivity index (χ2n) is 3.48. The Labute approximate surface area is 60.9 Å². The molecule has 2 rings (SSSR count). The number of nitrogens with one attached hydrogen (secondary N) is 1. The van der Waals surface area contributed by atoms with Gasteiger partial charge in [0.1, 0.15) is 0 Å². The Balaban J connectivity index is 1.92. The van der Waals surface area contributed by atoms with E-state index in [0.717, 1.165) is 26.1 Å². The third-order valence-electron chi connectivity index (χ3n) is 2.55. The maximum absolute atomic E-state index is 5.49. The molecule has 2 saturated heterocycles. The molecule has 3 heteroatoms. The molecular weight excluding hydrogens is 128 g/mol. The quantitative estimate of drug-likeness (QED) is 0.510. The lowest BCUT2D eigenvalue weighted by atomic mass is 9.80. The van der Waals surface area contributed by atoms with Crippen LogP contribution in [0, 0.1) is 5.41 Å². The second kappa shape index (κ2) is 2.19. The van der Waals surface area contributed by atoms with Gasteiger partial charge >= 0.3 is 0 Å². The predicted octanol–water partition coefficient (Wildman–Crippen LogP) is -0.676. The molecule has 2 fully saturated rings. The summed E-state index contributed by atoms with van der Waals surface area (Å²) in [5.41, 5.74) is 5.96. The molecule has 0 aromatic rings. The summed E-state index contributed by atoms with van der Waals surface area (Å²) in [6.45, 7) is 3.86. The first-order valence-electron chi connectivity index (χ1n) is 3.87. The summed E-state index contributed by atoms with van der Waals surface area (Å²) < 4.78 is 5.49. The lowest BCUT2D eigenvalue weighted by Gasteiger charge is -2.37. The summed E-state index contributed by atoms with van der Waals surface area (Å²) in [5.74, 6) is 0. The zero-order valence-corrected chi connectivity index (χ0v) is 6.10. The van der Waals surface area contributed by atoms with Gasteiger partial charge in [-0.3, -0.25) is 0 Å². The third kappa shape index (κ3) is 0.856. The van der Waals surface area contributed by atoms with Crippen molar-refractivity contribution in [1.82, 2.24) is 5.32 Å². The van der Waals surface area contributed by atoms with Crippen molar-refractivity contribution in [3.63, 3.8) is 0 Å². The number of ether oxygens (including phenoxy) is 1. The van der Waals surface area contributed by atoms with Crippen LogP contribution in [-0.2, 0) is 4.74 Å². The molecule has 0 amide bonds. The largest absolute Gasteiger partial charge is 0.376 e. The first-order valence-corrected chi connectivity index (χ1v) is 3.87. The van der Waals surface area contributed by atoms with Gasteiger partial charge in [-0.25, -0.2) is 0 Å². The molecule has 0 saturated carbocycles. The fourth-order valence-electron chi connectivity index (χ4n) is 1.77. The van der Waals surface area contributed by atoms with E-state index in [9.17, 15) is 0 Å². The summed E-state index contributed by atoms with van der Waals surface area (Å²) in [4.78, 5) is 0. The van der Waals surface area contributed by atoms with Crippen LogP contribution < -0.4 is 11.1 Å². The van der Waals surface area contributed by atoms with Crippen LogP contribution in [0.25, 0.3) is 0 Å². The van der Waals surface area contributed by atoms with E-state index >= 15 is 0 Å². The molecule has 0 radical (unpaired) electrons. The monoisotopic (exact) mass is 142 g/mol. The minimum atomic E-state index is 0.335. The highest BCUT2D eigenvalue weighted by molar-refractivity contribution is 4.97. The molecule has 0 aromatic carbocycles. The van der Waals surface area contributed by atoms with Crippen LogP contribution in [0.4, 0.5) is 0 Å². The van der Waals surface area contributed by atoms with Crippen molar-refractivity contribution >= 4 is 0 Å². The number of nitrogens with two attached hydrogens (primary N) is 1. The normalized spacial score (nSPS) is 36.3. The first-order chi connectivity index (χ1) is 4.85. The Hall–Kier alpha value is -0.120. The molecule has 0 bridgehead atoms. The second-order valence-corrected chi connectivity index (χ2v) is 3.48. The van der Waals surface area contributed by atoms with Crippen molar-refractivity contribution < 1.29 is 4.74 Å². The molecule has 10 heavy (non-hydrogen) atoms. The maximum atomic E-state index is 5.49. The van der Waals surface area contributed by atoms with Crippen molar-refractivity contribution in [2.75, 3.05) is 26.2 Å². The molecule has 58 valence electrons. The SMILES string of the molecule is NC[C@@H]1CC2(CNC2)CO1. The topological polar surface area (TPSA) is 47.3 Å². The zero-order chi connectivity index (χ0) is 7.03. The van der Waals surface area contributed by atoms with E-state index in [1.807, 2.05) is 0 Å². The molecule has 2 aliphatic heterocycles. The van der Waals surface area contributed by atoms with Crippen molar-refractivity contribution in [1.29, 1.82) is 0 Å².